The van der Waals surface area contributed by atoms with E-state index < -0.39 is 0 Å². The van der Waals surface area contributed by atoms with Crippen LogP contribution >= 0.6 is 0 Å². The predicted octanol–water partition coefficient (Wildman–Crippen LogP) is 2.00. The third-order valence-electron chi connectivity index (χ3n) is 4.75. The average Bonchev–Trinajstić information content (AvgIpc) is 2.89. The fourth-order valence-electron chi connectivity index (χ4n) is 3.41. The standard InChI is InChI=1S/C14H25N3/c1-14(11-15,16-2)7-4-8-17-9-12-5-3-6-13(12)10-17/h12-13,16H,3-10H2,1-2H3. The summed E-state index contributed by atoms with van der Waals surface area (Å²) in [6.45, 7) is 5.79. The van der Waals surface area contributed by atoms with Crippen molar-refractivity contribution in [3.63, 3.8) is 0 Å². The van der Waals surface area contributed by atoms with Gasteiger partial charge in [-0.15, -0.1) is 0 Å². The van der Waals surface area contributed by atoms with Gasteiger partial charge in [0.15, 0.2) is 0 Å². The van der Waals surface area contributed by atoms with E-state index >= 15 is 0 Å². The first-order valence-corrected chi connectivity index (χ1v) is 6.99. The number of hydrogen-bond acceptors (Lipinski definition) is 3. The van der Waals surface area contributed by atoms with Crippen molar-refractivity contribution in [2.75, 3.05) is 26.7 Å². The molecule has 17 heavy (non-hydrogen) atoms. The van der Waals surface area contributed by atoms with E-state index in [1.165, 1.54) is 38.9 Å². The van der Waals surface area contributed by atoms with Gasteiger partial charge in [-0.25, -0.2) is 0 Å². The van der Waals surface area contributed by atoms with Gasteiger partial charge in [0, 0.05) is 13.1 Å². The summed E-state index contributed by atoms with van der Waals surface area (Å²) in [6.07, 6.45) is 6.44. The molecule has 2 fully saturated rings. The highest BCUT2D eigenvalue weighted by molar-refractivity contribution is 5.02. The van der Waals surface area contributed by atoms with E-state index in [4.69, 9.17) is 5.26 Å². The van der Waals surface area contributed by atoms with Crippen LogP contribution in [0, 0.1) is 23.2 Å². The Labute approximate surface area is 105 Å². The van der Waals surface area contributed by atoms with Crippen molar-refractivity contribution >= 4 is 0 Å². The normalized spacial score (nSPS) is 32.1. The molecular weight excluding hydrogens is 210 g/mol. The molecule has 0 aromatic heterocycles. The SMILES string of the molecule is CNC(C)(C#N)CCCN1CC2CCCC2C1. The van der Waals surface area contributed by atoms with Crippen LogP contribution in [0.1, 0.15) is 39.0 Å². The quantitative estimate of drug-likeness (QED) is 0.792. The molecule has 2 rings (SSSR count). The second-order valence-electron chi connectivity index (χ2n) is 6.01. The van der Waals surface area contributed by atoms with E-state index in [2.05, 4.69) is 16.3 Å². The first kappa shape index (κ1) is 12.9. The topological polar surface area (TPSA) is 39.1 Å². The van der Waals surface area contributed by atoms with Crippen molar-refractivity contribution in [1.29, 1.82) is 5.26 Å². The molecule has 0 aromatic rings. The lowest BCUT2D eigenvalue weighted by Crippen LogP contribution is -2.38. The van der Waals surface area contributed by atoms with Crippen molar-refractivity contribution in [1.82, 2.24) is 10.2 Å². The lowest BCUT2D eigenvalue weighted by atomic mass is 9.98. The zero-order valence-corrected chi connectivity index (χ0v) is 11.2. The van der Waals surface area contributed by atoms with Crippen LogP contribution in [-0.4, -0.2) is 37.1 Å². The summed E-state index contributed by atoms with van der Waals surface area (Å²) in [5, 5.41) is 12.2. The second kappa shape index (κ2) is 5.37. The highest BCUT2D eigenvalue weighted by Crippen LogP contribution is 2.37. The molecule has 0 bridgehead atoms. The third-order valence-corrected chi connectivity index (χ3v) is 4.75. The van der Waals surface area contributed by atoms with Crippen molar-refractivity contribution in [3.05, 3.63) is 0 Å². The maximum Gasteiger partial charge on any atom is 0.103 e. The number of nitriles is 1. The lowest BCUT2D eigenvalue weighted by Gasteiger charge is -2.23. The Morgan fingerprint density at radius 3 is 2.53 bits per heavy atom. The molecule has 1 N–H and O–H groups in total. The van der Waals surface area contributed by atoms with Crippen LogP contribution in [0.3, 0.4) is 0 Å². The van der Waals surface area contributed by atoms with Crippen LogP contribution in [0.25, 0.3) is 0 Å². The van der Waals surface area contributed by atoms with E-state index in [0.29, 0.717) is 0 Å². The smallest absolute Gasteiger partial charge is 0.103 e. The average molecular weight is 235 g/mol. The maximum absolute atomic E-state index is 9.08. The first-order valence-electron chi connectivity index (χ1n) is 6.99. The molecule has 1 saturated carbocycles. The summed E-state index contributed by atoms with van der Waals surface area (Å²) >= 11 is 0. The van der Waals surface area contributed by atoms with E-state index in [0.717, 1.165) is 24.7 Å². The fourth-order valence-corrected chi connectivity index (χ4v) is 3.41. The van der Waals surface area contributed by atoms with Gasteiger partial charge in [-0.1, -0.05) is 6.42 Å². The molecule has 1 saturated heterocycles. The maximum atomic E-state index is 9.08. The number of hydrogen-bond donors (Lipinski definition) is 1. The molecule has 1 aliphatic carbocycles. The van der Waals surface area contributed by atoms with Gasteiger partial charge in [0.1, 0.15) is 5.54 Å². The molecule has 0 radical (unpaired) electrons. The zero-order valence-electron chi connectivity index (χ0n) is 11.2. The molecule has 1 heterocycles. The lowest BCUT2D eigenvalue weighted by molar-refractivity contribution is 0.290. The van der Waals surface area contributed by atoms with Gasteiger partial charge in [-0.3, -0.25) is 0 Å². The van der Waals surface area contributed by atoms with Crippen molar-refractivity contribution in [3.8, 4) is 6.07 Å². The Kier molecular flexibility index (Phi) is 4.06. The van der Waals surface area contributed by atoms with Crippen LogP contribution in [0.2, 0.25) is 0 Å². The summed E-state index contributed by atoms with van der Waals surface area (Å²) < 4.78 is 0. The highest BCUT2D eigenvalue weighted by Gasteiger charge is 2.35. The van der Waals surface area contributed by atoms with Crippen molar-refractivity contribution in [2.24, 2.45) is 11.8 Å². The van der Waals surface area contributed by atoms with E-state index in [9.17, 15) is 0 Å². The van der Waals surface area contributed by atoms with Crippen LogP contribution in [0.15, 0.2) is 0 Å². The van der Waals surface area contributed by atoms with E-state index in [1.54, 1.807) is 0 Å². The zero-order chi connectivity index (χ0) is 12.3. The molecule has 96 valence electrons. The van der Waals surface area contributed by atoms with Crippen molar-refractivity contribution in [2.45, 2.75) is 44.6 Å². The van der Waals surface area contributed by atoms with Gasteiger partial charge in [0.05, 0.1) is 6.07 Å². The Hall–Kier alpha value is -0.590. The number of nitrogens with one attached hydrogen (secondary N) is 1. The molecule has 3 heteroatoms. The van der Waals surface area contributed by atoms with Gasteiger partial charge in [0.2, 0.25) is 0 Å². The molecular formula is C14H25N3. The highest BCUT2D eigenvalue weighted by atomic mass is 15.2. The van der Waals surface area contributed by atoms with Crippen LogP contribution in [-0.2, 0) is 0 Å². The monoisotopic (exact) mass is 235 g/mol. The van der Waals surface area contributed by atoms with Gasteiger partial charge in [-0.2, -0.15) is 5.26 Å². The number of fused-ring (bicyclic) bond motifs is 1. The second-order valence-corrected chi connectivity index (χ2v) is 6.01. The third kappa shape index (κ3) is 3.00. The Morgan fingerprint density at radius 2 is 2.00 bits per heavy atom. The fraction of sp³-hybridized carbons (Fsp3) is 0.929. The van der Waals surface area contributed by atoms with Gasteiger partial charge in [0.25, 0.3) is 0 Å². The van der Waals surface area contributed by atoms with E-state index in [-0.39, 0.29) is 5.54 Å². The van der Waals surface area contributed by atoms with Crippen LogP contribution < -0.4 is 5.32 Å². The molecule has 0 amide bonds. The Bertz CT molecular complexity index is 284. The predicted molar refractivity (Wildman–Crippen MR) is 69.6 cm³/mol. The molecule has 0 aromatic carbocycles. The number of rotatable bonds is 5. The Balaban J connectivity index is 1.68. The van der Waals surface area contributed by atoms with Gasteiger partial charge < -0.3 is 10.2 Å². The summed E-state index contributed by atoms with van der Waals surface area (Å²) in [5.74, 6) is 1.98. The number of nitrogens with zero attached hydrogens (tertiary/aromatic N) is 2. The van der Waals surface area contributed by atoms with Crippen LogP contribution in [0.4, 0.5) is 0 Å². The van der Waals surface area contributed by atoms with Gasteiger partial charge >= 0.3 is 0 Å². The minimum atomic E-state index is -0.338. The van der Waals surface area contributed by atoms with Crippen molar-refractivity contribution < 1.29 is 0 Å². The molecule has 2 aliphatic rings. The summed E-state index contributed by atoms with van der Waals surface area (Å²) in [7, 11) is 1.88. The largest absolute Gasteiger partial charge is 0.303 e. The molecule has 3 unspecified atom stereocenters. The summed E-state index contributed by atoms with van der Waals surface area (Å²) in [4.78, 5) is 2.61. The minimum absolute atomic E-state index is 0.338. The molecule has 1 aliphatic heterocycles. The molecule has 3 nitrogen and oxygen atoms in total. The molecule has 0 spiro atoms. The Morgan fingerprint density at radius 1 is 1.35 bits per heavy atom. The van der Waals surface area contributed by atoms with Crippen LogP contribution in [0.5, 0.6) is 0 Å². The number of likely N-dealkylation sites (tertiary alicyclic amines) is 1. The summed E-state index contributed by atoms with van der Waals surface area (Å²) in [5.41, 5.74) is -0.338. The summed E-state index contributed by atoms with van der Waals surface area (Å²) in [6, 6.07) is 2.36. The van der Waals surface area contributed by atoms with Gasteiger partial charge in [-0.05, 0) is 58.0 Å². The minimum Gasteiger partial charge on any atom is -0.303 e. The van der Waals surface area contributed by atoms with E-state index in [1.807, 2.05) is 14.0 Å². The molecule has 3 atom stereocenters. The first-order chi connectivity index (χ1) is 8.17.